The molecule has 6 heteroatoms. The lowest BCUT2D eigenvalue weighted by Crippen LogP contribution is -2.27. The number of rotatable bonds is 4. The largest absolute Gasteiger partial charge is 0.508 e. The van der Waals surface area contributed by atoms with Crippen molar-refractivity contribution >= 4 is 29.0 Å². The van der Waals surface area contributed by atoms with E-state index in [0.717, 1.165) is 34.0 Å². The summed E-state index contributed by atoms with van der Waals surface area (Å²) in [5.74, 6) is -0.196. The SMILES string of the molecule is N#Cc1ccccc1-c1ccc(CN2C(=O)S/C(=C\c3ccc(O)cc3)C2=O)cc1. The third kappa shape index (κ3) is 3.97. The van der Waals surface area contributed by atoms with Gasteiger partial charge in [-0.25, -0.2) is 0 Å². The van der Waals surface area contributed by atoms with Gasteiger partial charge in [0.1, 0.15) is 5.75 Å². The first-order valence-corrected chi connectivity index (χ1v) is 9.99. The number of hydrogen-bond donors (Lipinski definition) is 1. The predicted octanol–water partition coefficient (Wildman–Crippen LogP) is 5.17. The fourth-order valence-electron chi connectivity index (χ4n) is 3.16. The topological polar surface area (TPSA) is 81.4 Å². The van der Waals surface area contributed by atoms with Gasteiger partial charge in [0.05, 0.1) is 23.1 Å². The van der Waals surface area contributed by atoms with Crippen molar-refractivity contribution in [1.82, 2.24) is 4.90 Å². The zero-order chi connectivity index (χ0) is 21.1. The van der Waals surface area contributed by atoms with Crippen molar-refractivity contribution in [2.45, 2.75) is 6.54 Å². The second kappa shape index (κ2) is 8.27. The molecule has 3 aromatic carbocycles. The number of amides is 2. The van der Waals surface area contributed by atoms with Gasteiger partial charge in [0, 0.05) is 0 Å². The average Bonchev–Trinajstić information content (AvgIpc) is 3.03. The molecule has 146 valence electrons. The molecular formula is C24H16N2O3S. The number of aromatic hydroxyl groups is 1. The quantitative estimate of drug-likeness (QED) is 0.598. The van der Waals surface area contributed by atoms with E-state index in [1.165, 1.54) is 17.0 Å². The Hall–Kier alpha value is -3.82. The molecule has 0 unspecified atom stereocenters. The van der Waals surface area contributed by atoms with E-state index in [2.05, 4.69) is 6.07 Å². The van der Waals surface area contributed by atoms with E-state index < -0.39 is 0 Å². The summed E-state index contributed by atoms with van der Waals surface area (Å²) in [4.78, 5) is 26.6. The summed E-state index contributed by atoms with van der Waals surface area (Å²) in [6.07, 6.45) is 1.65. The van der Waals surface area contributed by atoms with Gasteiger partial charge in [0.15, 0.2) is 0 Å². The Kier molecular flexibility index (Phi) is 5.38. The molecule has 2 amide bonds. The highest BCUT2D eigenvalue weighted by molar-refractivity contribution is 8.18. The molecule has 0 aliphatic carbocycles. The Morgan fingerprint density at radius 2 is 1.67 bits per heavy atom. The maximum Gasteiger partial charge on any atom is 0.293 e. The number of thioether (sulfide) groups is 1. The van der Waals surface area contributed by atoms with Crippen molar-refractivity contribution in [2.75, 3.05) is 0 Å². The van der Waals surface area contributed by atoms with E-state index in [-0.39, 0.29) is 23.4 Å². The van der Waals surface area contributed by atoms with E-state index in [4.69, 9.17) is 0 Å². The van der Waals surface area contributed by atoms with E-state index in [1.807, 2.05) is 42.5 Å². The summed E-state index contributed by atoms with van der Waals surface area (Å²) in [6.45, 7) is 0.178. The highest BCUT2D eigenvalue weighted by Gasteiger charge is 2.34. The minimum absolute atomic E-state index is 0.140. The fraction of sp³-hybridized carbons (Fsp3) is 0.0417. The van der Waals surface area contributed by atoms with E-state index in [0.29, 0.717) is 10.5 Å². The molecular weight excluding hydrogens is 396 g/mol. The van der Waals surface area contributed by atoms with Gasteiger partial charge in [-0.05, 0) is 58.3 Å². The Labute approximate surface area is 177 Å². The Morgan fingerprint density at radius 1 is 0.967 bits per heavy atom. The van der Waals surface area contributed by atoms with Crippen LogP contribution in [0.5, 0.6) is 5.75 Å². The van der Waals surface area contributed by atoms with Crippen molar-refractivity contribution in [3.63, 3.8) is 0 Å². The van der Waals surface area contributed by atoms with E-state index in [1.54, 1.807) is 24.3 Å². The van der Waals surface area contributed by atoms with Gasteiger partial charge in [-0.3, -0.25) is 14.5 Å². The van der Waals surface area contributed by atoms with Crippen LogP contribution in [0.4, 0.5) is 4.79 Å². The molecule has 0 bridgehead atoms. The first kappa shape index (κ1) is 19.5. The van der Waals surface area contributed by atoms with Crippen molar-refractivity contribution in [3.8, 4) is 22.9 Å². The number of nitrogens with zero attached hydrogens (tertiary/aromatic N) is 2. The maximum absolute atomic E-state index is 12.7. The summed E-state index contributed by atoms with van der Waals surface area (Å²) in [5.41, 5.74) is 3.89. The molecule has 1 N–H and O–H groups in total. The predicted molar refractivity (Wildman–Crippen MR) is 116 cm³/mol. The van der Waals surface area contributed by atoms with Gasteiger partial charge in [0.25, 0.3) is 11.1 Å². The standard InChI is InChI=1S/C24H16N2O3S/c25-14-19-3-1-2-4-21(19)18-9-5-17(6-10-18)15-26-23(28)22(30-24(26)29)13-16-7-11-20(27)12-8-16/h1-13,27H,15H2/b22-13-. The lowest BCUT2D eigenvalue weighted by molar-refractivity contribution is -0.123. The zero-order valence-electron chi connectivity index (χ0n) is 15.8. The lowest BCUT2D eigenvalue weighted by atomic mass is 9.99. The van der Waals surface area contributed by atoms with E-state index >= 15 is 0 Å². The third-order valence-corrected chi connectivity index (χ3v) is 5.62. The molecule has 1 aliphatic rings. The number of carbonyl (C=O) groups excluding carboxylic acids is 2. The summed E-state index contributed by atoms with van der Waals surface area (Å²) < 4.78 is 0. The van der Waals surface area contributed by atoms with Gasteiger partial charge >= 0.3 is 0 Å². The number of hydrogen-bond acceptors (Lipinski definition) is 5. The Balaban J connectivity index is 1.51. The van der Waals surface area contributed by atoms with Crippen LogP contribution >= 0.6 is 11.8 Å². The molecule has 0 aromatic heterocycles. The molecule has 0 atom stereocenters. The molecule has 1 aliphatic heterocycles. The molecule has 0 spiro atoms. The summed E-state index contributed by atoms with van der Waals surface area (Å²) in [5, 5.41) is 18.3. The van der Waals surface area contributed by atoms with Gasteiger partial charge in [-0.1, -0.05) is 54.6 Å². The van der Waals surface area contributed by atoms with Crippen LogP contribution in [-0.2, 0) is 11.3 Å². The first-order chi connectivity index (χ1) is 14.5. The maximum atomic E-state index is 12.7. The van der Waals surface area contributed by atoms with Crippen LogP contribution in [0.3, 0.4) is 0 Å². The summed E-state index contributed by atoms with van der Waals surface area (Å²) >= 11 is 0.905. The molecule has 3 aromatic rings. The minimum atomic E-state index is -0.336. The lowest BCUT2D eigenvalue weighted by Gasteiger charge is -2.13. The normalized spacial score (nSPS) is 14.9. The minimum Gasteiger partial charge on any atom is -0.508 e. The Bertz CT molecular complexity index is 1190. The smallest absolute Gasteiger partial charge is 0.293 e. The molecule has 0 radical (unpaired) electrons. The number of benzene rings is 3. The second-order valence-electron chi connectivity index (χ2n) is 6.71. The molecule has 1 heterocycles. The molecule has 30 heavy (non-hydrogen) atoms. The molecule has 1 saturated heterocycles. The number of carbonyl (C=O) groups is 2. The van der Waals surface area contributed by atoms with E-state index in [9.17, 15) is 20.0 Å². The van der Waals surface area contributed by atoms with Crippen LogP contribution in [-0.4, -0.2) is 21.2 Å². The molecule has 4 rings (SSSR count). The monoisotopic (exact) mass is 412 g/mol. The van der Waals surface area contributed by atoms with Crippen LogP contribution in [0.25, 0.3) is 17.2 Å². The molecule has 1 fully saturated rings. The number of nitriles is 1. The van der Waals surface area contributed by atoms with Crippen LogP contribution < -0.4 is 0 Å². The first-order valence-electron chi connectivity index (χ1n) is 9.18. The Morgan fingerprint density at radius 3 is 2.37 bits per heavy atom. The molecule has 5 nitrogen and oxygen atoms in total. The highest BCUT2D eigenvalue weighted by atomic mass is 32.2. The van der Waals surface area contributed by atoms with Crippen molar-refractivity contribution in [2.24, 2.45) is 0 Å². The van der Waals surface area contributed by atoms with Crippen LogP contribution in [0.1, 0.15) is 16.7 Å². The van der Waals surface area contributed by atoms with Crippen molar-refractivity contribution < 1.29 is 14.7 Å². The number of phenols is 1. The fourth-order valence-corrected chi connectivity index (χ4v) is 4.00. The number of phenolic OH excluding ortho intramolecular Hbond substituents is 1. The summed E-state index contributed by atoms with van der Waals surface area (Å²) in [6, 6.07) is 23.5. The van der Waals surface area contributed by atoms with Crippen LogP contribution in [0.15, 0.2) is 77.7 Å². The van der Waals surface area contributed by atoms with Crippen LogP contribution in [0.2, 0.25) is 0 Å². The van der Waals surface area contributed by atoms with Crippen molar-refractivity contribution in [1.29, 1.82) is 5.26 Å². The van der Waals surface area contributed by atoms with Gasteiger partial charge in [-0.15, -0.1) is 0 Å². The van der Waals surface area contributed by atoms with Crippen molar-refractivity contribution in [3.05, 3.63) is 94.4 Å². The zero-order valence-corrected chi connectivity index (χ0v) is 16.6. The summed E-state index contributed by atoms with van der Waals surface area (Å²) in [7, 11) is 0. The highest BCUT2D eigenvalue weighted by Crippen LogP contribution is 2.34. The average molecular weight is 412 g/mol. The van der Waals surface area contributed by atoms with Gasteiger partial charge in [-0.2, -0.15) is 5.26 Å². The van der Waals surface area contributed by atoms with Gasteiger partial charge < -0.3 is 5.11 Å². The number of imide groups is 1. The third-order valence-electron chi connectivity index (χ3n) is 4.72. The van der Waals surface area contributed by atoms with Gasteiger partial charge in [0.2, 0.25) is 0 Å². The van der Waals surface area contributed by atoms with Crippen LogP contribution in [0, 0.1) is 11.3 Å². The second-order valence-corrected chi connectivity index (χ2v) is 7.71. The molecule has 0 saturated carbocycles.